The highest BCUT2D eigenvalue weighted by Gasteiger charge is 2.22. The van der Waals surface area contributed by atoms with Gasteiger partial charge in [-0.05, 0) is 36.2 Å². The van der Waals surface area contributed by atoms with Crippen molar-refractivity contribution in [2.24, 2.45) is 11.1 Å². The summed E-state index contributed by atoms with van der Waals surface area (Å²) < 4.78 is 1.86. The lowest BCUT2D eigenvalue weighted by Gasteiger charge is -2.29. The molecule has 5 nitrogen and oxygen atoms in total. The molecule has 0 atom stereocenters. The van der Waals surface area contributed by atoms with Crippen LogP contribution >= 0.6 is 0 Å². The van der Waals surface area contributed by atoms with E-state index in [1.165, 1.54) is 0 Å². The molecule has 1 amide bonds. The van der Waals surface area contributed by atoms with Gasteiger partial charge in [0.05, 0.1) is 17.6 Å². The highest BCUT2D eigenvalue weighted by Crippen LogP contribution is 2.23. The minimum atomic E-state index is -0.121. The number of aromatic nitrogens is 2. The van der Waals surface area contributed by atoms with Gasteiger partial charge in [-0.25, -0.2) is 4.68 Å². The van der Waals surface area contributed by atoms with E-state index in [2.05, 4.69) is 18.9 Å². The number of nitrogens with two attached hydrogens (primary N) is 1. The second-order valence-electron chi connectivity index (χ2n) is 7.57. The fraction of sp³-hybridized carbons (Fsp3) is 0.273. The molecule has 3 aromatic rings. The maximum atomic E-state index is 12.9. The third-order valence-corrected chi connectivity index (χ3v) is 4.61. The smallest absolute Gasteiger partial charge is 0.253 e. The largest absolute Gasteiger partial charge is 0.341 e. The highest BCUT2D eigenvalue weighted by molar-refractivity contribution is 5.94. The van der Waals surface area contributed by atoms with E-state index < -0.39 is 0 Å². The Balaban J connectivity index is 1.89. The van der Waals surface area contributed by atoms with Gasteiger partial charge in [0, 0.05) is 24.7 Å². The van der Waals surface area contributed by atoms with Crippen LogP contribution in [0.3, 0.4) is 0 Å². The number of amides is 1. The molecule has 0 bridgehead atoms. The van der Waals surface area contributed by atoms with Gasteiger partial charge in [-0.2, -0.15) is 5.10 Å². The number of benzene rings is 2. The van der Waals surface area contributed by atoms with Gasteiger partial charge in [-0.1, -0.05) is 50.2 Å². The third kappa shape index (κ3) is 4.26. The SMILES string of the molecule is CN(CC(C)(C)CN)C(=O)c1cccc(-n2nccc2-c2ccccc2)c1. The molecule has 2 N–H and O–H groups in total. The average Bonchev–Trinajstić information content (AvgIpc) is 3.18. The van der Waals surface area contributed by atoms with Gasteiger partial charge in [0.2, 0.25) is 0 Å². The zero-order valence-electron chi connectivity index (χ0n) is 16.1. The summed E-state index contributed by atoms with van der Waals surface area (Å²) in [6, 6.07) is 19.6. The van der Waals surface area contributed by atoms with Crippen molar-refractivity contribution in [1.82, 2.24) is 14.7 Å². The van der Waals surface area contributed by atoms with E-state index >= 15 is 0 Å². The second kappa shape index (κ2) is 7.76. The van der Waals surface area contributed by atoms with Crippen LogP contribution in [0.4, 0.5) is 0 Å². The van der Waals surface area contributed by atoms with E-state index in [1.54, 1.807) is 11.1 Å². The Labute approximate surface area is 160 Å². The van der Waals surface area contributed by atoms with Crippen molar-refractivity contribution >= 4 is 5.91 Å². The van der Waals surface area contributed by atoms with Crippen molar-refractivity contribution in [3.8, 4) is 16.9 Å². The van der Waals surface area contributed by atoms with Crippen molar-refractivity contribution in [3.05, 3.63) is 72.4 Å². The van der Waals surface area contributed by atoms with E-state index in [9.17, 15) is 4.79 Å². The summed E-state index contributed by atoms with van der Waals surface area (Å²) in [6.07, 6.45) is 1.77. The Bertz CT molecular complexity index is 915. The van der Waals surface area contributed by atoms with Crippen LogP contribution in [-0.4, -0.2) is 40.7 Å². The minimum absolute atomic E-state index is 0.0215. The van der Waals surface area contributed by atoms with E-state index in [-0.39, 0.29) is 11.3 Å². The molecule has 0 unspecified atom stereocenters. The number of carbonyl (C=O) groups excluding carboxylic acids is 1. The van der Waals surface area contributed by atoms with E-state index in [1.807, 2.05) is 72.4 Å². The first-order valence-electron chi connectivity index (χ1n) is 9.07. The molecule has 0 spiro atoms. The maximum absolute atomic E-state index is 12.9. The van der Waals surface area contributed by atoms with Crippen LogP contribution in [0, 0.1) is 5.41 Å². The van der Waals surface area contributed by atoms with Crippen LogP contribution in [0.15, 0.2) is 66.9 Å². The van der Waals surface area contributed by atoms with Crippen molar-refractivity contribution in [1.29, 1.82) is 0 Å². The molecule has 0 saturated heterocycles. The first-order chi connectivity index (χ1) is 12.9. The highest BCUT2D eigenvalue weighted by atomic mass is 16.2. The first-order valence-corrected chi connectivity index (χ1v) is 9.07. The minimum Gasteiger partial charge on any atom is -0.341 e. The second-order valence-corrected chi connectivity index (χ2v) is 7.57. The summed E-state index contributed by atoms with van der Waals surface area (Å²) in [5.74, 6) is -0.0215. The number of carbonyl (C=O) groups is 1. The topological polar surface area (TPSA) is 64.2 Å². The molecule has 140 valence electrons. The van der Waals surface area contributed by atoms with Gasteiger partial charge in [-0.3, -0.25) is 4.79 Å². The Morgan fingerprint density at radius 1 is 1.11 bits per heavy atom. The molecule has 0 saturated carbocycles. The molecule has 0 fully saturated rings. The van der Waals surface area contributed by atoms with Gasteiger partial charge in [0.25, 0.3) is 5.91 Å². The summed E-state index contributed by atoms with van der Waals surface area (Å²) in [6.45, 7) is 5.24. The zero-order chi connectivity index (χ0) is 19.4. The van der Waals surface area contributed by atoms with Crippen molar-refractivity contribution in [2.75, 3.05) is 20.1 Å². The quantitative estimate of drug-likeness (QED) is 0.729. The molecular weight excluding hydrogens is 336 g/mol. The summed E-state index contributed by atoms with van der Waals surface area (Å²) in [5, 5.41) is 4.46. The molecule has 1 heterocycles. The van der Waals surface area contributed by atoms with E-state index in [0.29, 0.717) is 18.7 Å². The predicted octanol–water partition coefficient (Wildman–Crippen LogP) is 3.60. The van der Waals surface area contributed by atoms with Gasteiger partial charge in [-0.15, -0.1) is 0 Å². The van der Waals surface area contributed by atoms with Crippen LogP contribution in [-0.2, 0) is 0 Å². The Morgan fingerprint density at radius 3 is 2.56 bits per heavy atom. The lowest BCUT2D eigenvalue weighted by Crippen LogP contribution is -2.39. The number of rotatable bonds is 6. The summed E-state index contributed by atoms with van der Waals surface area (Å²) in [5.41, 5.74) is 9.24. The molecular formula is C22H26N4O. The van der Waals surface area contributed by atoms with E-state index in [4.69, 9.17) is 5.73 Å². The summed E-state index contributed by atoms with van der Waals surface area (Å²) in [4.78, 5) is 14.6. The van der Waals surface area contributed by atoms with Crippen LogP contribution in [0.5, 0.6) is 0 Å². The lowest BCUT2D eigenvalue weighted by atomic mass is 9.93. The van der Waals surface area contributed by atoms with Crippen LogP contribution in [0.25, 0.3) is 16.9 Å². The Hall–Kier alpha value is -2.92. The average molecular weight is 362 g/mol. The Kier molecular flexibility index (Phi) is 5.42. The van der Waals surface area contributed by atoms with Gasteiger partial charge in [0.1, 0.15) is 0 Å². The summed E-state index contributed by atoms with van der Waals surface area (Å²) in [7, 11) is 1.82. The normalized spacial score (nSPS) is 11.4. The number of hydrogen-bond acceptors (Lipinski definition) is 3. The molecule has 0 aliphatic rings. The van der Waals surface area contributed by atoms with Gasteiger partial charge >= 0.3 is 0 Å². The van der Waals surface area contributed by atoms with Crippen LogP contribution in [0.1, 0.15) is 24.2 Å². The standard InChI is InChI=1S/C22H26N4O/c1-22(2,15-23)16-25(3)21(27)18-10-7-11-19(14-18)26-20(12-13-24-26)17-8-5-4-6-9-17/h4-14H,15-16,23H2,1-3H3. The zero-order valence-corrected chi connectivity index (χ0v) is 16.1. The molecule has 1 aromatic heterocycles. The monoisotopic (exact) mass is 362 g/mol. The first kappa shape index (κ1) is 18.9. The van der Waals surface area contributed by atoms with Crippen LogP contribution < -0.4 is 5.73 Å². The maximum Gasteiger partial charge on any atom is 0.253 e. The number of nitrogens with zero attached hydrogens (tertiary/aromatic N) is 3. The van der Waals surface area contributed by atoms with Crippen LogP contribution in [0.2, 0.25) is 0 Å². The Morgan fingerprint density at radius 2 is 1.85 bits per heavy atom. The summed E-state index contributed by atoms with van der Waals surface area (Å²) >= 11 is 0. The number of hydrogen-bond donors (Lipinski definition) is 1. The lowest BCUT2D eigenvalue weighted by molar-refractivity contribution is 0.0740. The molecule has 5 heteroatoms. The third-order valence-electron chi connectivity index (χ3n) is 4.61. The fourth-order valence-corrected chi connectivity index (χ4v) is 3.11. The van der Waals surface area contributed by atoms with Crippen molar-refractivity contribution in [3.63, 3.8) is 0 Å². The fourth-order valence-electron chi connectivity index (χ4n) is 3.11. The molecule has 0 aliphatic carbocycles. The van der Waals surface area contributed by atoms with Gasteiger partial charge in [0.15, 0.2) is 0 Å². The van der Waals surface area contributed by atoms with Crippen molar-refractivity contribution in [2.45, 2.75) is 13.8 Å². The molecule has 3 rings (SSSR count). The van der Waals surface area contributed by atoms with Crippen molar-refractivity contribution < 1.29 is 4.79 Å². The molecule has 0 radical (unpaired) electrons. The molecule has 0 aliphatic heterocycles. The molecule has 27 heavy (non-hydrogen) atoms. The predicted molar refractivity (Wildman–Crippen MR) is 109 cm³/mol. The van der Waals surface area contributed by atoms with Gasteiger partial charge < -0.3 is 10.6 Å². The molecule has 2 aromatic carbocycles. The van der Waals surface area contributed by atoms with E-state index in [0.717, 1.165) is 16.9 Å².